The van der Waals surface area contributed by atoms with Crippen LogP contribution in [0, 0.1) is 12.7 Å². The van der Waals surface area contributed by atoms with Gasteiger partial charge in [-0.2, -0.15) is 0 Å². The van der Waals surface area contributed by atoms with Crippen LogP contribution in [0.2, 0.25) is 0 Å². The Labute approximate surface area is 127 Å². The number of H-pyrrole nitrogens is 1. The second kappa shape index (κ2) is 5.92. The van der Waals surface area contributed by atoms with Crippen LogP contribution in [0.25, 0.3) is 10.9 Å². The molecule has 4 heteroatoms. The number of fused-ring (bicyclic) bond motifs is 1. The van der Waals surface area contributed by atoms with Crippen LogP contribution >= 0.6 is 11.8 Å². The Hall–Kier alpha value is -1.78. The molecule has 2 aromatic carbocycles. The molecule has 0 bridgehead atoms. The minimum Gasteiger partial charge on any atom is -0.360 e. The van der Waals surface area contributed by atoms with Crippen molar-refractivity contribution >= 4 is 22.7 Å². The van der Waals surface area contributed by atoms with Crippen molar-refractivity contribution in [2.24, 2.45) is 0 Å². The summed E-state index contributed by atoms with van der Waals surface area (Å²) in [7, 11) is 1.87. The zero-order chi connectivity index (χ0) is 14.8. The Morgan fingerprint density at radius 1 is 1.19 bits per heavy atom. The SMILES string of the molecule is CNCc1cc(F)ccc1Sc1c[nH]c2cccc(C)c12. The van der Waals surface area contributed by atoms with Crippen LogP contribution in [0.15, 0.2) is 52.4 Å². The first-order chi connectivity index (χ1) is 10.2. The molecule has 0 amide bonds. The smallest absolute Gasteiger partial charge is 0.123 e. The second-order valence-electron chi connectivity index (χ2n) is 5.03. The number of aromatic amines is 1. The van der Waals surface area contributed by atoms with Crippen LogP contribution in [0.5, 0.6) is 0 Å². The molecule has 0 aliphatic heterocycles. The summed E-state index contributed by atoms with van der Waals surface area (Å²) in [6.07, 6.45) is 2.02. The van der Waals surface area contributed by atoms with Crippen molar-refractivity contribution in [3.8, 4) is 0 Å². The molecule has 21 heavy (non-hydrogen) atoms. The van der Waals surface area contributed by atoms with Gasteiger partial charge in [0.05, 0.1) is 0 Å². The fourth-order valence-corrected chi connectivity index (χ4v) is 3.63. The Morgan fingerprint density at radius 3 is 2.86 bits per heavy atom. The standard InChI is InChI=1S/C17H17FN2S/c1-11-4-3-5-14-17(11)16(10-20-14)21-15-7-6-13(18)8-12(15)9-19-2/h3-8,10,19-20H,9H2,1-2H3. The highest BCUT2D eigenvalue weighted by molar-refractivity contribution is 7.99. The summed E-state index contributed by atoms with van der Waals surface area (Å²) in [5.74, 6) is -0.195. The normalized spacial score (nSPS) is 11.2. The van der Waals surface area contributed by atoms with Gasteiger partial charge in [0.1, 0.15) is 5.82 Å². The number of benzene rings is 2. The molecule has 2 N–H and O–H groups in total. The molecule has 0 aliphatic carbocycles. The average molecular weight is 300 g/mol. The Balaban J connectivity index is 2.03. The molecular weight excluding hydrogens is 283 g/mol. The lowest BCUT2D eigenvalue weighted by atomic mass is 10.1. The molecule has 0 fully saturated rings. The van der Waals surface area contributed by atoms with E-state index in [2.05, 4.69) is 29.4 Å². The third-order valence-corrected chi connectivity index (χ3v) is 4.65. The summed E-state index contributed by atoms with van der Waals surface area (Å²) in [6.45, 7) is 2.76. The van der Waals surface area contributed by atoms with E-state index in [0.717, 1.165) is 16.0 Å². The van der Waals surface area contributed by atoms with Crippen LogP contribution in [-0.2, 0) is 6.54 Å². The third kappa shape index (κ3) is 2.82. The van der Waals surface area contributed by atoms with Gasteiger partial charge in [-0.15, -0.1) is 0 Å². The average Bonchev–Trinajstić information content (AvgIpc) is 2.87. The summed E-state index contributed by atoms with van der Waals surface area (Å²) < 4.78 is 13.4. The molecule has 0 saturated heterocycles. The van der Waals surface area contributed by atoms with Gasteiger partial charge in [-0.05, 0) is 49.4 Å². The molecule has 0 spiro atoms. The number of aromatic nitrogens is 1. The monoisotopic (exact) mass is 300 g/mol. The molecule has 0 radical (unpaired) electrons. The quantitative estimate of drug-likeness (QED) is 0.743. The lowest BCUT2D eigenvalue weighted by Gasteiger charge is -2.09. The lowest BCUT2D eigenvalue weighted by Crippen LogP contribution is -2.06. The number of rotatable bonds is 4. The van der Waals surface area contributed by atoms with Crippen molar-refractivity contribution in [2.45, 2.75) is 23.3 Å². The number of hydrogen-bond donors (Lipinski definition) is 2. The highest BCUT2D eigenvalue weighted by atomic mass is 32.2. The van der Waals surface area contributed by atoms with Gasteiger partial charge in [-0.3, -0.25) is 0 Å². The maximum atomic E-state index is 13.4. The van der Waals surface area contributed by atoms with Crippen LogP contribution < -0.4 is 5.32 Å². The van der Waals surface area contributed by atoms with E-state index in [4.69, 9.17) is 0 Å². The van der Waals surface area contributed by atoms with Crippen molar-refractivity contribution in [1.82, 2.24) is 10.3 Å². The summed E-state index contributed by atoms with van der Waals surface area (Å²) in [5, 5.41) is 4.33. The van der Waals surface area contributed by atoms with E-state index in [1.807, 2.05) is 25.4 Å². The summed E-state index contributed by atoms with van der Waals surface area (Å²) >= 11 is 1.68. The van der Waals surface area contributed by atoms with Gasteiger partial charge in [-0.1, -0.05) is 23.9 Å². The largest absolute Gasteiger partial charge is 0.360 e. The molecule has 0 atom stereocenters. The zero-order valence-electron chi connectivity index (χ0n) is 12.0. The van der Waals surface area contributed by atoms with Gasteiger partial charge in [0.2, 0.25) is 0 Å². The minimum absolute atomic E-state index is 0.195. The summed E-state index contributed by atoms with van der Waals surface area (Å²) in [4.78, 5) is 5.55. The Kier molecular flexibility index (Phi) is 3.99. The van der Waals surface area contributed by atoms with Gasteiger partial charge in [0.25, 0.3) is 0 Å². The van der Waals surface area contributed by atoms with Crippen molar-refractivity contribution in [2.75, 3.05) is 7.05 Å². The van der Waals surface area contributed by atoms with Gasteiger partial charge in [0.15, 0.2) is 0 Å². The first-order valence-corrected chi connectivity index (χ1v) is 7.68. The number of halogens is 1. The molecule has 0 saturated carbocycles. The van der Waals surface area contributed by atoms with Gasteiger partial charge in [-0.25, -0.2) is 4.39 Å². The van der Waals surface area contributed by atoms with E-state index in [0.29, 0.717) is 6.54 Å². The van der Waals surface area contributed by atoms with E-state index in [1.54, 1.807) is 17.8 Å². The predicted molar refractivity (Wildman–Crippen MR) is 86.3 cm³/mol. The molecule has 2 nitrogen and oxygen atoms in total. The maximum Gasteiger partial charge on any atom is 0.123 e. The molecule has 3 aromatic rings. The number of aryl methyl sites for hydroxylation is 1. The molecule has 3 rings (SSSR count). The van der Waals surface area contributed by atoms with Crippen LogP contribution in [0.4, 0.5) is 4.39 Å². The van der Waals surface area contributed by atoms with Crippen molar-refractivity contribution in [3.63, 3.8) is 0 Å². The number of hydrogen-bond acceptors (Lipinski definition) is 2. The molecule has 108 valence electrons. The Bertz CT molecular complexity index is 780. The van der Waals surface area contributed by atoms with E-state index in [9.17, 15) is 4.39 Å². The highest BCUT2D eigenvalue weighted by Gasteiger charge is 2.11. The third-order valence-electron chi connectivity index (χ3n) is 3.49. The van der Waals surface area contributed by atoms with Crippen molar-refractivity contribution < 1.29 is 4.39 Å². The topological polar surface area (TPSA) is 27.8 Å². The first-order valence-electron chi connectivity index (χ1n) is 6.86. The highest BCUT2D eigenvalue weighted by Crippen LogP contribution is 2.36. The summed E-state index contributed by atoms with van der Waals surface area (Å²) in [6, 6.07) is 11.2. The minimum atomic E-state index is -0.195. The lowest BCUT2D eigenvalue weighted by molar-refractivity contribution is 0.621. The number of nitrogens with one attached hydrogen (secondary N) is 2. The van der Waals surface area contributed by atoms with E-state index in [1.165, 1.54) is 21.9 Å². The molecule has 0 unspecified atom stereocenters. The molecule has 0 aliphatic rings. The molecule has 1 aromatic heterocycles. The molecular formula is C17H17FN2S. The fraction of sp³-hybridized carbons (Fsp3) is 0.176. The van der Waals surface area contributed by atoms with Gasteiger partial charge >= 0.3 is 0 Å². The van der Waals surface area contributed by atoms with E-state index < -0.39 is 0 Å². The van der Waals surface area contributed by atoms with E-state index >= 15 is 0 Å². The summed E-state index contributed by atoms with van der Waals surface area (Å²) in [5.41, 5.74) is 3.36. The molecule has 1 heterocycles. The predicted octanol–water partition coefficient (Wildman–Crippen LogP) is 4.49. The van der Waals surface area contributed by atoms with Crippen molar-refractivity contribution in [1.29, 1.82) is 0 Å². The van der Waals surface area contributed by atoms with E-state index in [-0.39, 0.29) is 5.82 Å². The van der Waals surface area contributed by atoms with Crippen molar-refractivity contribution in [3.05, 3.63) is 59.5 Å². The van der Waals surface area contributed by atoms with Gasteiger partial charge < -0.3 is 10.3 Å². The second-order valence-corrected chi connectivity index (χ2v) is 6.12. The van der Waals surface area contributed by atoms with Gasteiger partial charge in [0, 0.05) is 33.4 Å². The maximum absolute atomic E-state index is 13.4. The fourth-order valence-electron chi connectivity index (χ4n) is 2.51. The van der Waals surface area contributed by atoms with Crippen LogP contribution in [0.1, 0.15) is 11.1 Å². The van der Waals surface area contributed by atoms with Crippen LogP contribution in [0.3, 0.4) is 0 Å². The Morgan fingerprint density at radius 2 is 2.05 bits per heavy atom. The first kappa shape index (κ1) is 14.2. The van der Waals surface area contributed by atoms with Crippen LogP contribution in [-0.4, -0.2) is 12.0 Å². The zero-order valence-corrected chi connectivity index (χ0v) is 12.9.